The fourth-order valence-corrected chi connectivity index (χ4v) is 10.6. The molecule has 2 aliphatic carbocycles. The predicted octanol–water partition coefficient (Wildman–Crippen LogP) is 11.7. The van der Waals surface area contributed by atoms with Gasteiger partial charge in [-0.3, -0.25) is 0 Å². The SMILES string of the molecule is C=C1/C=C\C=C(\N(c2ccc(-c3cccc4ccccc34)cc2)c2cccc(C3C=CC=CC3)c2)[SiH](C)c2ccc3c4c(oc3c21)CCC=C4. The zero-order valence-corrected chi connectivity index (χ0v) is 29.5. The monoisotopic (exact) mass is 661 g/mol. The molecule has 0 saturated heterocycles. The van der Waals surface area contributed by atoms with E-state index in [1.807, 2.05) is 0 Å². The molecular formula is C47H39NOSi. The summed E-state index contributed by atoms with van der Waals surface area (Å²) in [6, 6.07) is 38.2. The molecule has 0 spiro atoms. The summed E-state index contributed by atoms with van der Waals surface area (Å²) in [6.45, 7) is 7.02. The Hall–Kier alpha value is -5.64. The third kappa shape index (κ3) is 5.26. The smallest absolute Gasteiger partial charge is 0.142 e. The Labute approximate surface area is 296 Å². The summed E-state index contributed by atoms with van der Waals surface area (Å²) in [5.74, 6) is 1.46. The van der Waals surface area contributed by atoms with Crippen LogP contribution in [-0.2, 0) is 6.42 Å². The van der Waals surface area contributed by atoms with Crippen LogP contribution in [0.25, 0.3) is 44.5 Å². The van der Waals surface area contributed by atoms with Gasteiger partial charge in [0.05, 0.1) is 0 Å². The van der Waals surface area contributed by atoms with Crippen LogP contribution in [0.2, 0.25) is 6.55 Å². The number of rotatable bonds is 5. The zero-order valence-electron chi connectivity index (χ0n) is 28.3. The van der Waals surface area contributed by atoms with Gasteiger partial charge in [0.25, 0.3) is 0 Å². The van der Waals surface area contributed by atoms with Gasteiger partial charge in [-0.15, -0.1) is 0 Å². The lowest BCUT2D eigenvalue weighted by Gasteiger charge is -2.33. The first-order valence-corrected chi connectivity index (χ1v) is 20.1. The normalized spacial score (nSPS) is 19.8. The number of benzene rings is 5. The highest BCUT2D eigenvalue weighted by Crippen LogP contribution is 2.39. The Kier molecular flexibility index (Phi) is 7.71. The van der Waals surface area contributed by atoms with E-state index >= 15 is 0 Å². The standard InChI is InChI=1S/C47H39NOSi/c1-32-13-10-24-45(50(2)44-30-29-42-41-21-8-9-23-43(41)49-47(42)46(32)44)48(38-19-11-18-36(31-38)33-14-4-3-5-15-33)37-27-25-35(26-28-37)40-22-12-17-34-16-6-7-20-39(34)40/h3-8,10-14,16-22,24-31,33,50H,1,9,15,23H2,2H3/b13-10-,45-24-. The first-order chi connectivity index (χ1) is 24.6. The Bertz CT molecular complexity index is 2450. The van der Waals surface area contributed by atoms with Gasteiger partial charge in [-0.05, 0) is 81.4 Å². The van der Waals surface area contributed by atoms with Crippen molar-refractivity contribution >= 4 is 58.7 Å². The van der Waals surface area contributed by atoms with Crippen LogP contribution in [0, 0.1) is 0 Å². The van der Waals surface area contributed by atoms with Gasteiger partial charge in [0.1, 0.15) is 20.1 Å². The molecule has 2 atom stereocenters. The van der Waals surface area contributed by atoms with Crippen LogP contribution >= 0.6 is 0 Å². The summed E-state index contributed by atoms with van der Waals surface area (Å²) >= 11 is 0. The van der Waals surface area contributed by atoms with Crippen molar-refractivity contribution in [2.75, 3.05) is 4.90 Å². The Morgan fingerprint density at radius 2 is 1.64 bits per heavy atom. The number of nitrogens with zero attached hydrogens (tertiary/aromatic N) is 1. The van der Waals surface area contributed by atoms with Gasteiger partial charge in [-0.1, -0.05) is 141 Å². The van der Waals surface area contributed by atoms with Gasteiger partial charge in [0.15, 0.2) is 0 Å². The lowest BCUT2D eigenvalue weighted by atomic mass is 9.92. The van der Waals surface area contributed by atoms with Crippen molar-refractivity contribution < 1.29 is 4.42 Å². The van der Waals surface area contributed by atoms with Crippen molar-refractivity contribution in [3.63, 3.8) is 0 Å². The molecule has 50 heavy (non-hydrogen) atoms. The van der Waals surface area contributed by atoms with Crippen LogP contribution in [0.5, 0.6) is 0 Å². The van der Waals surface area contributed by atoms with Crippen LogP contribution in [0.3, 0.4) is 0 Å². The molecule has 6 aromatic rings. The second-order valence-corrected chi connectivity index (χ2v) is 16.3. The molecule has 3 aliphatic rings. The van der Waals surface area contributed by atoms with E-state index in [0.29, 0.717) is 5.92 Å². The largest absolute Gasteiger partial charge is 0.460 e. The quantitative estimate of drug-likeness (QED) is 0.171. The maximum Gasteiger partial charge on any atom is 0.142 e. The molecule has 0 fully saturated rings. The second kappa shape index (κ2) is 12.7. The molecule has 5 aromatic carbocycles. The summed E-state index contributed by atoms with van der Waals surface area (Å²) in [6.07, 6.45) is 23.1. The topological polar surface area (TPSA) is 16.4 Å². The van der Waals surface area contributed by atoms with E-state index < -0.39 is 8.80 Å². The highest BCUT2D eigenvalue weighted by molar-refractivity contribution is 6.80. The minimum Gasteiger partial charge on any atom is -0.460 e. The highest BCUT2D eigenvalue weighted by Gasteiger charge is 2.29. The molecule has 0 radical (unpaired) electrons. The summed E-state index contributed by atoms with van der Waals surface area (Å²) in [5.41, 5.74) is 10.5. The third-order valence-corrected chi connectivity index (χ3v) is 13.4. The van der Waals surface area contributed by atoms with E-state index in [4.69, 9.17) is 4.42 Å². The van der Waals surface area contributed by atoms with Gasteiger partial charge in [-0.2, -0.15) is 0 Å². The molecule has 2 heterocycles. The minimum atomic E-state index is -1.82. The zero-order chi connectivity index (χ0) is 33.6. The Balaban J connectivity index is 1.19. The van der Waals surface area contributed by atoms with Crippen LogP contribution in [0.1, 0.15) is 41.2 Å². The molecule has 3 heteroatoms. The number of furan rings is 1. The number of aryl methyl sites for hydroxylation is 1. The average Bonchev–Trinajstić information content (AvgIpc) is 3.55. The van der Waals surface area contributed by atoms with Crippen molar-refractivity contribution in [1.82, 2.24) is 0 Å². The highest BCUT2D eigenvalue weighted by atomic mass is 28.3. The Morgan fingerprint density at radius 3 is 2.52 bits per heavy atom. The lowest BCUT2D eigenvalue weighted by molar-refractivity contribution is 0.546. The third-order valence-electron chi connectivity index (χ3n) is 10.6. The maximum absolute atomic E-state index is 6.67. The van der Waals surface area contributed by atoms with Crippen molar-refractivity contribution in [3.05, 3.63) is 186 Å². The summed E-state index contributed by atoms with van der Waals surface area (Å²) < 4.78 is 6.67. The average molecular weight is 662 g/mol. The molecule has 0 amide bonds. The lowest BCUT2D eigenvalue weighted by Crippen LogP contribution is -2.39. The van der Waals surface area contributed by atoms with E-state index in [0.717, 1.165) is 41.9 Å². The maximum atomic E-state index is 6.67. The van der Waals surface area contributed by atoms with E-state index in [1.165, 1.54) is 60.2 Å². The van der Waals surface area contributed by atoms with E-state index in [1.54, 1.807) is 0 Å². The molecule has 0 bridgehead atoms. The predicted molar refractivity (Wildman–Crippen MR) is 216 cm³/mol. The Morgan fingerprint density at radius 1 is 0.780 bits per heavy atom. The van der Waals surface area contributed by atoms with Crippen molar-refractivity contribution in [3.8, 4) is 11.1 Å². The van der Waals surface area contributed by atoms with Crippen molar-refractivity contribution in [2.45, 2.75) is 31.7 Å². The molecule has 9 rings (SSSR count). The number of allylic oxidation sites excluding steroid dienone is 9. The molecule has 242 valence electrons. The number of hydrogen-bond acceptors (Lipinski definition) is 2. The second-order valence-electron chi connectivity index (χ2n) is 13.6. The molecule has 0 N–H and O–H groups in total. The molecule has 2 unspecified atom stereocenters. The van der Waals surface area contributed by atoms with E-state index in [-0.39, 0.29) is 0 Å². The van der Waals surface area contributed by atoms with Gasteiger partial charge in [0.2, 0.25) is 0 Å². The summed E-state index contributed by atoms with van der Waals surface area (Å²) in [5, 5.41) is 6.42. The molecule has 1 aliphatic heterocycles. The minimum absolute atomic E-state index is 0.368. The van der Waals surface area contributed by atoms with E-state index in [9.17, 15) is 0 Å². The van der Waals surface area contributed by atoms with Crippen LogP contribution in [0.4, 0.5) is 11.4 Å². The van der Waals surface area contributed by atoms with Crippen molar-refractivity contribution in [1.29, 1.82) is 0 Å². The van der Waals surface area contributed by atoms with Gasteiger partial charge in [-0.25, -0.2) is 0 Å². The molecule has 1 aromatic heterocycles. The number of hydrogen-bond donors (Lipinski definition) is 0. The van der Waals surface area contributed by atoms with E-state index in [2.05, 4.69) is 176 Å². The molecule has 2 nitrogen and oxygen atoms in total. The summed E-state index contributed by atoms with van der Waals surface area (Å²) in [4.78, 5) is 2.51. The molecule has 0 saturated carbocycles. The first-order valence-electron chi connectivity index (χ1n) is 17.8. The fraction of sp³-hybridized carbons (Fsp3) is 0.106. The van der Waals surface area contributed by atoms with Crippen LogP contribution in [-0.4, -0.2) is 8.80 Å². The van der Waals surface area contributed by atoms with Crippen LogP contribution < -0.4 is 10.1 Å². The van der Waals surface area contributed by atoms with Gasteiger partial charge in [0, 0.05) is 45.5 Å². The number of fused-ring (bicyclic) bond motifs is 6. The molecular weight excluding hydrogens is 623 g/mol. The number of anilines is 2. The van der Waals surface area contributed by atoms with Crippen LogP contribution in [0.15, 0.2) is 168 Å². The first kappa shape index (κ1) is 30.4. The summed E-state index contributed by atoms with van der Waals surface area (Å²) in [7, 11) is -1.82. The van der Waals surface area contributed by atoms with Crippen molar-refractivity contribution in [2.24, 2.45) is 0 Å². The van der Waals surface area contributed by atoms with Gasteiger partial charge >= 0.3 is 0 Å². The fourth-order valence-electron chi connectivity index (χ4n) is 8.08. The van der Waals surface area contributed by atoms with Gasteiger partial charge < -0.3 is 9.32 Å².